The molecule has 1 aromatic carbocycles. The van der Waals surface area contributed by atoms with Gasteiger partial charge in [-0.05, 0) is 31.7 Å². The summed E-state index contributed by atoms with van der Waals surface area (Å²) in [5, 5.41) is 8.00. The van der Waals surface area contributed by atoms with Crippen LogP contribution >= 0.6 is 12.4 Å². The Kier molecular flexibility index (Phi) is 4.85. The third-order valence-electron chi connectivity index (χ3n) is 4.24. The minimum atomic E-state index is 0. The Labute approximate surface area is 130 Å². The predicted molar refractivity (Wildman–Crippen MR) is 85.6 cm³/mol. The quantitative estimate of drug-likeness (QED) is 0.893. The van der Waals surface area contributed by atoms with Crippen molar-refractivity contribution < 1.29 is 4.79 Å². The molecule has 0 aliphatic carbocycles. The lowest BCUT2D eigenvalue weighted by Gasteiger charge is -2.33. The van der Waals surface area contributed by atoms with Crippen LogP contribution in [0.2, 0.25) is 0 Å². The molecule has 3 rings (SSSR count). The van der Waals surface area contributed by atoms with Crippen LogP contribution in [0, 0.1) is 5.92 Å². The number of nitrogens with one attached hydrogen (secondary N) is 1. The van der Waals surface area contributed by atoms with Gasteiger partial charge in [0.2, 0.25) is 0 Å². The van der Waals surface area contributed by atoms with E-state index in [0.717, 1.165) is 36.8 Å². The molecule has 0 spiro atoms. The number of hydrogen-bond acceptors (Lipinski definition) is 3. The van der Waals surface area contributed by atoms with Gasteiger partial charge in [0.15, 0.2) is 5.69 Å². The minimum Gasteiger partial charge on any atom is -0.337 e. The maximum absolute atomic E-state index is 12.6. The lowest BCUT2D eigenvalue weighted by molar-refractivity contribution is 0.0677. The second kappa shape index (κ2) is 6.45. The fourth-order valence-corrected chi connectivity index (χ4v) is 2.90. The number of hydrogen-bond donors (Lipinski definition) is 2. The van der Waals surface area contributed by atoms with Crippen molar-refractivity contribution in [2.45, 2.75) is 25.8 Å². The van der Waals surface area contributed by atoms with Crippen molar-refractivity contribution in [3.63, 3.8) is 0 Å². The predicted octanol–water partition coefficient (Wildman–Crippen LogP) is 2.18. The molecule has 21 heavy (non-hydrogen) atoms. The minimum absolute atomic E-state index is 0. The molecule has 5 nitrogen and oxygen atoms in total. The van der Waals surface area contributed by atoms with Crippen LogP contribution in [0.4, 0.5) is 0 Å². The van der Waals surface area contributed by atoms with E-state index < -0.39 is 0 Å². The maximum Gasteiger partial charge on any atom is 0.274 e. The molecule has 114 valence electrons. The molecule has 1 aromatic heterocycles. The standard InChI is InChI=1S/C15H20N4O.ClH/c1-10(16)11-6-8-19(9-7-11)15(20)14-12-4-2-3-5-13(12)17-18-14;/h2-5,10-11H,6-9,16H2,1H3,(H,17,18);1H. The molecule has 1 aliphatic heterocycles. The van der Waals surface area contributed by atoms with Crippen LogP contribution in [0.25, 0.3) is 10.9 Å². The Balaban J connectivity index is 0.00000161. The molecular formula is C15H21ClN4O. The van der Waals surface area contributed by atoms with E-state index in [-0.39, 0.29) is 24.4 Å². The average molecular weight is 309 g/mol. The van der Waals surface area contributed by atoms with E-state index in [1.54, 1.807) is 0 Å². The number of aromatic amines is 1. The van der Waals surface area contributed by atoms with Crippen LogP contribution in [0.15, 0.2) is 24.3 Å². The van der Waals surface area contributed by atoms with Crippen molar-refractivity contribution in [3.05, 3.63) is 30.0 Å². The van der Waals surface area contributed by atoms with E-state index in [4.69, 9.17) is 5.73 Å². The molecular weight excluding hydrogens is 288 g/mol. The first kappa shape index (κ1) is 15.8. The molecule has 2 aromatic rings. The van der Waals surface area contributed by atoms with E-state index in [2.05, 4.69) is 10.2 Å². The largest absolute Gasteiger partial charge is 0.337 e. The summed E-state index contributed by atoms with van der Waals surface area (Å²) < 4.78 is 0. The van der Waals surface area contributed by atoms with Gasteiger partial charge >= 0.3 is 0 Å². The summed E-state index contributed by atoms with van der Waals surface area (Å²) in [4.78, 5) is 14.5. The highest BCUT2D eigenvalue weighted by molar-refractivity contribution is 6.04. The van der Waals surface area contributed by atoms with Crippen LogP contribution in [0.1, 0.15) is 30.3 Å². The number of amides is 1. The smallest absolute Gasteiger partial charge is 0.274 e. The highest BCUT2D eigenvalue weighted by Gasteiger charge is 2.27. The van der Waals surface area contributed by atoms with Crippen LogP contribution in [-0.2, 0) is 0 Å². The molecule has 0 radical (unpaired) electrons. The van der Waals surface area contributed by atoms with Crippen molar-refractivity contribution >= 4 is 29.2 Å². The number of carbonyl (C=O) groups excluding carboxylic acids is 1. The number of carbonyl (C=O) groups is 1. The maximum atomic E-state index is 12.6. The number of piperidine rings is 1. The van der Waals surface area contributed by atoms with E-state index in [1.165, 1.54) is 0 Å². The molecule has 0 bridgehead atoms. The summed E-state index contributed by atoms with van der Waals surface area (Å²) in [6.07, 6.45) is 1.96. The first-order valence-corrected chi connectivity index (χ1v) is 7.15. The second-order valence-corrected chi connectivity index (χ2v) is 5.61. The Bertz CT molecular complexity index is 617. The van der Waals surface area contributed by atoms with Crippen LogP contribution in [-0.4, -0.2) is 40.1 Å². The normalized spacial score (nSPS) is 17.5. The van der Waals surface area contributed by atoms with Crippen molar-refractivity contribution in [1.82, 2.24) is 15.1 Å². The number of likely N-dealkylation sites (tertiary alicyclic amines) is 1. The second-order valence-electron chi connectivity index (χ2n) is 5.61. The van der Waals surface area contributed by atoms with Gasteiger partial charge in [-0.3, -0.25) is 9.89 Å². The summed E-state index contributed by atoms with van der Waals surface area (Å²) in [5.74, 6) is 0.542. The summed E-state index contributed by atoms with van der Waals surface area (Å²) in [6.45, 7) is 3.59. The zero-order valence-electron chi connectivity index (χ0n) is 12.1. The Morgan fingerprint density at radius 3 is 2.71 bits per heavy atom. The number of halogens is 1. The van der Waals surface area contributed by atoms with Crippen LogP contribution < -0.4 is 5.73 Å². The van der Waals surface area contributed by atoms with Gasteiger partial charge in [0.1, 0.15) is 0 Å². The van der Waals surface area contributed by atoms with E-state index in [1.807, 2.05) is 36.1 Å². The van der Waals surface area contributed by atoms with Crippen molar-refractivity contribution in [2.24, 2.45) is 11.7 Å². The number of nitrogens with zero attached hydrogens (tertiary/aromatic N) is 2. The van der Waals surface area contributed by atoms with Crippen LogP contribution in [0.5, 0.6) is 0 Å². The first-order chi connectivity index (χ1) is 9.66. The van der Waals surface area contributed by atoms with E-state index in [9.17, 15) is 4.79 Å². The molecule has 1 aliphatic rings. The molecule has 1 amide bonds. The lowest BCUT2D eigenvalue weighted by atomic mass is 9.91. The number of aromatic nitrogens is 2. The summed E-state index contributed by atoms with van der Waals surface area (Å²) in [5.41, 5.74) is 7.37. The summed E-state index contributed by atoms with van der Waals surface area (Å²) >= 11 is 0. The van der Waals surface area contributed by atoms with Gasteiger partial charge in [0.05, 0.1) is 5.52 Å². The molecule has 1 saturated heterocycles. The fraction of sp³-hybridized carbons (Fsp3) is 0.467. The SMILES string of the molecule is CC(N)C1CCN(C(=O)c2n[nH]c3ccccc23)CC1.Cl. The Hall–Kier alpha value is -1.59. The third-order valence-corrected chi connectivity index (χ3v) is 4.24. The topological polar surface area (TPSA) is 75.0 Å². The Morgan fingerprint density at radius 1 is 1.38 bits per heavy atom. The van der Waals surface area contributed by atoms with Gasteiger partial charge in [0.25, 0.3) is 5.91 Å². The number of benzene rings is 1. The number of rotatable bonds is 2. The van der Waals surface area contributed by atoms with Gasteiger partial charge in [0, 0.05) is 24.5 Å². The number of fused-ring (bicyclic) bond motifs is 1. The van der Waals surface area contributed by atoms with Gasteiger partial charge in [-0.25, -0.2) is 0 Å². The average Bonchev–Trinajstić information content (AvgIpc) is 2.90. The van der Waals surface area contributed by atoms with Crippen LogP contribution in [0.3, 0.4) is 0 Å². The molecule has 2 heterocycles. The van der Waals surface area contributed by atoms with Gasteiger partial charge in [-0.2, -0.15) is 5.10 Å². The fourth-order valence-electron chi connectivity index (χ4n) is 2.90. The van der Waals surface area contributed by atoms with Crippen molar-refractivity contribution in [3.8, 4) is 0 Å². The highest BCUT2D eigenvalue weighted by Crippen LogP contribution is 2.23. The lowest BCUT2D eigenvalue weighted by Crippen LogP contribution is -2.42. The Morgan fingerprint density at radius 2 is 2.05 bits per heavy atom. The van der Waals surface area contributed by atoms with Gasteiger partial charge < -0.3 is 10.6 Å². The van der Waals surface area contributed by atoms with Gasteiger partial charge in [-0.1, -0.05) is 18.2 Å². The van der Waals surface area contributed by atoms with Gasteiger partial charge in [-0.15, -0.1) is 12.4 Å². The first-order valence-electron chi connectivity index (χ1n) is 7.15. The zero-order valence-corrected chi connectivity index (χ0v) is 12.9. The molecule has 1 unspecified atom stereocenters. The highest BCUT2D eigenvalue weighted by atomic mass is 35.5. The summed E-state index contributed by atoms with van der Waals surface area (Å²) in [6, 6.07) is 7.93. The number of nitrogens with two attached hydrogens (primary N) is 1. The van der Waals surface area contributed by atoms with E-state index in [0.29, 0.717) is 11.6 Å². The number of H-pyrrole nitrogens is 1. The zero-order chi connectivity index (χ0) is 14.1. The number of para-hydroxylation sites is 1. The third kappa shape index (κ3) is 3.04. The molecule has 0 saturated carbocycles. The molecule has 1 fully saturated rings. The summed E-state index contributed by atoms with van der Waals surface area (Å²) in [7, 11) is 0. The van der Waals surface area contributed by atoms with Crippen molar-refractivity contribution in [2.75, 3.05) is 13.1 Å². The van der Waals surface area contributed by atoms with Crippen molar-refractivity contribution in [1.29, 1.82) is 0 Å². The molecule has 3 N–H and O–H groups in total. The molecule has 1 atom stereocenters. The monoisotopic (exact) mass is 308 g/mol. The van der Waals surface area contributed by atoms with E-state index >= 15 is 0 Å². The molecule has 6 heteroatoms.